The molecule has 0 aliphatic heterocycles. The second kappa shape index (κ2) is 7.07. The fourth-order valence-electron chi connectivity index (χ4n) is 2.09. The lowest BCUT2D eigenvalue weighted by Crippen LogP contribution is -2.11. The lowest BCUT2D eigenvalue weighted by molar-refractivity contribution is 0.481. The Morgan fingerprint density at radius 1 is 0.810 bits per heavy atom. The standard InChI is InChI=1S/C18H17NOS/c1-2-7-16(8-3-1)20-17-9-4-6-15(12-17)13-19-14-18-10-5-11-21-18/h1-12,19H,13-14H2. The zero-order chi connectivity index (χ0) is 14.3. The SMILES string of the molecule is c1ccc(Oc2cccc(CNCc3cccs3)c2)cc1. The van der Waals surface area contributed by atoms with Gasteiger partial charge < -0.3 is 10.1 Å². The first-order valence-electron chi connectivity index (χ1n) is 6.95. The molecule has 0 fully saturated rings. The van der Waals surface area contributed by atoms with Gasteiger partial charge in [-0.3, -0.25) is 0 Å². The van der Waals surface area contributed by atoms with Crippen molar-refractivity contribution in [2.24, 2.45) is 0 Å². The molecule has 0 amide bonds. The van der Waals surface area contributed by atoms with Crippen molar-refractivity contribution in [3.63, 3.8) is 0 Å². The van der Waals surface area contributed by atoms with Crippen molar-refractivity contribution >= 4 is 11.3 Å². The summed E-state index contributed by atoms with van der Waals surface area (Å²) in [5, 5.41) is 5.55. The fourth-order valence-corrected chi connectivity index (χ4v) is 2.76. The molecule has 2 nitrogen and oxygen atoms in total. The Morgan fingerprint density at radius 2 is 1.67 bits per heavy atom. The Balaban J connectivity index is 1.58. The molecule has 0 saturated carbocycles. The predicted octanol–water partition coefficient (Wildman–Crippen LogP) is 4.83. The van der Waals surface area contributed by atoms with Gasteiger partial charge in [0.05, 0.1) is 0 Å². The smallest absolute Gasteiger partial charge is 0.127 e. The first-order valence-corrected chi connectivity index (χ1v) is 7.83. The normalized spacial score (nSPS) is 10.5. The molecular weight excluding hydrogens is 278 g/mol. The number of rotatable bonds is 6. The van der Waals surface area contributed by atoms with Gasteiger partial charge in [0.25, 0.3) is 0 Å². The van der Waals surface area contributed by atoms with Crippen molar-refractivity contribution in [3.8, 4) is 11.5 Å². The molecule has 1 N–H and O–H groups in total. The van der Waals surface area contributed by atoms with Gasteiger partial charge in [-0.05, 0) is 41.3 Å². The first kappa shape index (κ1) is 13.9. The summed E-state index contributed by atoms with van der Waals surface area (Å²) in [6.45, 7) is 1.74. The van der Waals surface area contributed by atoms with Crippen molar-refractivity contribution in [1.29, 1.82) is 0 Å². The maximum Gasteiger partial charge on any atom is 0.127 e. The number of para-hydroxylation sites is 1. The van der Waals surface area contributed by atoms with Gasteiger partial charge in [-0.1, -0.05) is 36.4 Å². The molecule has 0 unspecified atom stereocenters. The van der Waals surface area contributed by atoms with Gasteiger partial charge in [0.1, 0.15) is 11.5 Å². The molecule has 0 bridgehead atoms. The second-order valence-corrected chi connectivity index (χ2v) is 5.78. The maximum atomic E-state index is 5.85. The van der Waals surface area contributed by atoms with Crippen LogP contribution in [0.2, 0.25) is 0 Å². The number of ether oxygens (including phenoxy) is 1. The van der Waals surface area contributed by atoms with E-state index in [1.807, 2.05) is 42.5 Å². The molecular formula is C18H17NOS. The minimum atomic E-state index is 0.837. The van der Waals surface area contributed by atoms with Crippen LogP contribution in [0.5, 0.6) is 11.5 Å². The van der Waals surface area contributed by atoms with Crippen LogP contribution < -0.4 is 10.1 Å². The summed E-state index contributed by atoms with van der Waals surface area (Å²) in [4.78, 5) is 1.35. The third kappa shape index (κ3) is 4.18. The van der Waals surface area contributed by atoms with E-state index in [0.29, 0.717) is 0 Å². The third-order valence-corrected chi connectivity index (χ3v) is 3.96. The lowest BCUT2D eigenvalue weighted by Gasteiger charge is -2.08. The third-order valence-electron chi connectivity index (χ3n) is 3.09. The maximum absolute atomic E-state index is 5.85. The molecule has 0 saturated heterocycles. The molecule has 3 aromatic rings. The van der Waals surface area contributed by atoms with E-state index in [1.54, 1.807) is 11.3 Å². The highest BCUT2D eigenvalue weighted by molar-refractivity contribution is 7.09. The number of hydrogen-bond donors (Lipinski definition) is 1. The summed E-state index contributed by atoms with van der Waals surface area (Å²) in [6.07, 6.45) is 0. The van der Waals surface area contributed by atoms with Crippen LogP contribution in [0.15, 0.2) is 72.1 Å². The Kier molecular flexibility index (Phi) is 4.66. The molecule has 0 aliphatic rings. The van der Waals surface area contributed by atoms with E-state index in [0.717, 1.165) is 24.6 Å². The predicted molar refractivity (Wildman–Crippen MR) is 87.8 cm³/mol. The van der Waals surface area contributed by atoms with Crippen LogP contribution in [0, 0.1) is 0 Å². The molecule has 3 rings (SSSR count). The first-order chi connectivity index (χ1) is 10.4. The van der Waals surface area contributed by atoms with Crippen molar-refractivity contribution in [2.45, 2.75) is 13.1 Å². The van der Waals surface area contributed by atoms with Gasteiger partial charge in [0.15, 0.2) is 0 Å². The van der Waals surface area contributed by atoms with E-state index in [9.17, 15) is 0 Å². The number of thiophene rings is 1. The average Bonchev–Trinajstić information content (AvgIpc) is 3.02. The van der Waals surface area contributed by atoms with E-state index >= 15 is 0 Å². The van der Waals surface area contributed by atoms with E-state index in [4.69, 9.17) is 4.74 Å². The summed E-state index contributed by atoms with van der Waals surface area (Å²) in [6, 6.07) is 22.3. The van der Waals surface area contributed by atoms with Gasteiger partial charge in [-0.15, -0.1) is 11.3 Å². The van der Waals surface area contributed by atoms with Crippen molar-refractivity contribution in [2.75, 3.05) is 0 Å². The fraction of sp³-hybridized carbons (Fsp3) is 0.111. The molecule has 1 aromatic heterocycles. The van der Waals surface area contributed by atoms with Gasteiger partial charge in [0, 0.05) is 18.0 Å². The average molecular weight is 295 g/mol. The van der Waals surface area contributed by atoms with Crippen molar-refractivity contribution < 1.29 is 4.74 Å². The van der Waals surface area contributed by atoms with Crippen LogP contribution in [0.4, 0.5) is 0 Å². The van der Waals surface area contributed by atoms with Crippen molar-refractivity contribution in [3.05, 3.63) is 82.6 Å². The summed E-state index contributed by atoms with van der Waals surface area (Å²) >= 11 is 1.78. The summed E-state index contributed by atoms with van der Waals surface area (Å²) < 4.78 is 5.85. The van der Waals surface area contributed by atoms with Crippen molar-refractivity contribution in [1.82, 2.24) is 5.32 Å². The number of nitrogens with one attached hydrogen (secondary N) is 1. The molecule has 0 spiro atoms. The van der Waals surface area contributed by atoms with Gasteiger partial charge >= 0.3 is 0 Å². The van der Waals surface area contributed by atoms with E-state index in [2.05, 4.69) is 35.0 Å². The van der Waals surface area contributed by atoms with Crippen LogP contribution in [0.25, 0.3) is 0 Å². The Morgan fingerprint density at radius 3 is 2.48 bits per heavy atom. The quantitative estimate of drug-likeness (QED) is 0.703. The monoisotopic (exact) mass is 295 g/mol. The van der Waals surface area contributed by atoms with Crippen LogP contribution in [-0.2, 0) is 13.1 Å². The van der Waals surface area contributed by atoms with Gasteiger partial charge in [-0.2, -0.15) is 0 Å². The molecule has 0 atom stereocenters. The van der Waals surface area contributed by atoms with Crippen LogP contribution >= 0.6 is 11.3 Å². The van der Waals surface area contributed by atoms with Gasteiger partial charge in [-0.25, -0.2) is 0 Å². The van der Waals surface area contributed by atoms with Crippen LogP contribution in [0.1, 0.15) is 10.4 Å². The zero-order valence-corrected chi connectivity index (χ0v) is 12.5. The molecule has 0 aliphatic carbocycles. The molecule has 106 valence electrons. The lowest BCUT2D eigenvalue weighted by atomic mass is 10.2. The van der Waals surface area contributed by atoms with Gasteiger partial charge in [0.2, 0.25) is 0 Å². The highest BCUT2D eigenvalue weighted by Crippen LogP contribution is 2.21. The summed E-state index contributed by atoms with van der Waals surface area (Å²) in [7, 11) is 0. The Hall–Kier alpha value is -2.10. The highest BCUT2D eigenvalue weighted by atomic mass is 32.1. The largest absolute Gasteiger partial charge is 0.457 e. The molecule has 21 heavy (non-hydrogen) atoms. The Labute approximate surface area is 129 Å². The number of hydrogen-bond acceptors (Lipinski definition) is 3. The molecule has 0 radical (unpaired) electrons. The number of benzene rings is 2. The van der Waals surface area contributed by atoms with E-state index in [-0.39, 0.29) is 0 Å². The molecule has 3 heteroatoms. The molecule has 1 heterocycles. The summed E-state index contributed by atoms with van der Waals surface area (Å²) in [5.41, 5.74) is 1.22. The Bertz CT molecular complexity index is 665. The topological polar surface area (TPSA) is 21.3 Å². The van der Waals surface area contributed by atoms with E-state index in [1.165, 1.54) is 10.4 Å². The van der Waals surface area contributed by atoms with Crippen LogP contribution in [-0.4, -0.2) is 0 Å². The molecule has 2 aromatic carbocycles. The van der Waals surface area contributed by atoms with Crippen LogP contribution in [0.3, 0.4) is 0 Å². The second-order valence-electron chi connectivity index (χ2n) is 4.75. The van der Waals surface area contributed by atoms with E-state index < -0.39 is 0 Å². The minimum Gasteiger partial charge on any atom is -0.457 e. The summed E-state index contributed by atoms with van der Waals surface area (Å²) in [5.74, 6) is 1.73. The highest BCUT2D eigenvalue weighted by Gasteiger charge is 1.99. The zero-order valence-electron chi connectivity index (χ0n) is 11.7. The minimum absolute atomic E-state index is 0.837.